The molecular weight excluding hydrogens is 318 g/mol. The maximum atomic E-state index is 12.1. The summed E-state index contributed by atoms with van der Waals surface area (Å²) in [4.78, 5) is 24.1. The molecule has 1 amide bonds. The van der Waals surface area contributed by atoms with Crippen molar-refractivity contribution in [3.8, 4) is 0 Å². The Hall–Kier alpha value is -1.36. The number of nitrogens with one attached hydrogen (secondary N) is 1. The van der Waals surface area contributed by atoms with Gasteiger partial charge in [-0.25, -0.2) is 4.79 Å². The van der Waals surface area contributed by atoms with Crippen LogP contribution in [0.3, 0.4) is 0 Å². The van der Waals surface area contributed by atoms with Crippen LogP contribution in [0.1, 0.15) is 78.6 Å². The smallest absolute Gasteiger partial charge is 0.328 e. The van der Waals surface area contributed by atoms with Gasteiger partial charge in [0.15, 0.2) is 0 Å². The van der Waals surface area contributed by atoms with Crippen LogP contribution in [0, 0.1) is 5.92 Å². The molecule has 5 nitrogen and oxygen atoms in total. The predicted molar refractivity (Wildman–Crippen MR) is 101 cm³/mol. The number of hydrogen-bond acceptors (Lipinski definition) is 4. The summed E-state index contributed by atoms with van der Waals surface area (Å²) in [7, 11) is 0. The van der Waals surface area contributed by atoms with Crippen LogP contribution in [0.15, 0.2) is 12.7 Å². The maximum Gasteiger partial charge on any atom is 0.328 e. The minimum absolute atomic E-state index is 0.0344. The fourth-order valence-electron chi connectivity index (χ4n) is 2.44. The molecule has 0 saturated carbocycles. The zero-order chi connectivity index (χ0) is 19.1. The van der Waals surface area contributed by atoms with E-state index in [0.717, 1.165) is 25.7 Å². The van der Waals surface area contributed by atoms with E-state index < -0.39 is 18.1 Å². The summed E-state index contributed by atoms with van der Waals surface area (Å²) in [5, 5.41) is 12.0. The normalized spacial score (nSPS) is 13.3. The van der Waals surface area contributed by atoms with Gasteiger partial charge in [0.2, 0.25) is 5.91 Å². The number of ether oxygens (including phenoxy) is 1. The Balaban J connectivity index is 3.96. The van der Waals surface area contributed by atoms with Gasteiger partial charge in [-0.1, -0.05) is 45.6 Å². The van der Waals surface area contributed by atoms with Crippen molar-refractivity contribution < 1.29 is 19.4 Å². The van der Waals surface area contributed by atoms with Gasteiger partial charge in [-0.05, 0) is 32.1 Å². The second kappa shape index (κ2) is 14.9. The number of carbonyl (C=O) groups is 2. The molecular formula is C20H37NO4. The van der Waals surface area contributed by atoms with Crippen molar-refractivity contribution in [3.63, 3.8) is 0 Å². The molecule has 0 aromatic rings. The summed E-state index contributed by atoms with van der Waals surface area (Å²) < 4.78 is 5.15. The van der Waals surface area contributed by atoms with Gasteiger partial charge in [-0.2, -0.15) is 0 Å². The quantitative estimate of drug-likeness (QED) is 0.266. The third-order valence-electron chi connectivity index (χ3n) is 4.08. The Labute approximate surface area is 153 Å². The van der Waals surface area contributed by atoms with Gasteiger partial charge in [0.1, 0.15) is 6.04 Å². The average molecular weight is 356 g/mol. The molecule has 0 heterocycles. The first-order chi connectivity index (χ1) is 11.9. The second-order valence-electron chi connectivity index (χ2n) is 7.04. The molecule has 0 radical (unpaired) electrons. The molecule has 0 aliphatic carbocycles. The van der Waals surface area contributed by atoms with Crippen LogP contribution < -0.4 is 5.32 Å². The predicted octanol–water partition coefficient (Wildman–Crippen LogP) is 3.75. The SMILES string of the molecule is C=CCCCCCCCCC(=O)NC(C(=O)OCCC(C)O)C(C)C. The fraction of sp³-hybridized carbons (Fsp3) is 0.800. The minimum atomic E-state index is -0.625. The first kappa shape index (κ1) is 23.6. The molecule has 0 rings (SSSR count). The number of aliphatic hydroxyl groups is 1. The van der Waals surface area contributed by atoms with E-state index in [9.17, 15) is 14.7 Å². The van der Waals surface area contributed by atoms with Crippen molar-refractivity contribution in [2.75, 3.05) is 6.61 Å². The lowest BCUT2D eigenvalue weighted by molar-refractivity contribution is -0.149. The highest BCUT2D eigenvalue weighted by Gasteiger charge is 2.25. The number of aliphatic hydroxyl groups excluding tert-OH is 1. The molecule has 0 aliphatic rings. The number of unbranched alkanes of at least 4 members (excludes halogenated alkanes) is 6. The number of carbonyl (C=O) groups excluding carboxylic acids is 2. The lowest BCUT2D eigenvalue weighted by Crippen LogP contribution is -2.45. The third-order valence-corrected chi connectivity index (χ3v) is 4.08. The van der Waals surface area contributed by atoms with Gasteiger partial charge in [0.25, 0.3) is 0 Å². The van der Waals surface area contributed by atoms with Gasteiger partial charge in [0.05, 0.1) is 12.7 Å². The average Bonchev–Trinajstić information content (AvgIpc) is 2.54. The monoisotopic (exact) mass is 355 g/mol. The van der Waals surface area contributed by atoms with Gasteiger partial charge in [0, 0.05) is 12.8 Å². The van der Waals surface area contributed by atoms with E-state index in [1.807, 2.05) is 19.9 Å². The molecule has 0 saturated heterocycles. The van der Waals surface area contributed by atoms with E-state index in [1.54, 1.807) is 6.92 Å². The third kappa shape index (κ3) is 13.6. The van der Waals surface area contributed by atoms with Crippen molar-refractivity contribution in [1.29, 1.82) is 0 Å². The van der Waals surface area contributed by atoms with Crippen molar-refractivity contribution in [1.82, 2.24) is 5.32 Å². The number of hydrogen-bond donors (Lipinski definition) is 2. The molecule has 0 aromatic heterocycles. The van der Waals surface area contributed by atoms with Crippen LogP contribution in [0.2, 0.25) is 0 Å². The molecule has 0 aliphatic heterocycles. The summed E-state index contributed by atoms with van der Waals surface area (Å²) in [5.41, 5.74) is 0. The Bertz CT molecular complexity index is 380. The first-order valence-electron chi connectivity index (χ1n) is 9.63. The van der Waals surface area contributed by atoms with E-state index in [2.05, 4.69) is 11.9 Å². The van der Waals surface area contributed by atoms with E-state index in [0.29, 0.717) is 12.8 Å². The van der Waals surface area contributed by atoms with Crippen molar-refractivity contribution in [2.24, 2.45) is 5.92 Å². The molecule has 0 bridgehead atoms. The standard InChI is InChI=1S/C20H37NO4/c1-5-6-7-8-9-10-11-12-13-18(23)21-19(16(2)3)20(24)25-15-14-17(4)22/h5,16-17,19,22H,1,6-15H2,2-4H3,(H,21,23). The van der Waals surface area contributed by atoms with Crippen LogP contribution in [0.4, 0.5) is 0 Å². The summed E-state index contributed by atoms with van der Waals surface area (Å²) in [6, 6.07) is -0.625. The molecule has 2 N–H and O–H groups in total. The zero-order valence-corrected chi connectivity index (χ0v) is 16.3. The van der Waals surface area contributed by atoms with Crippen LogP contribution in [0.25, 0.3) is 0 Å². The van der Waals surface area contributed by atoms with Crippen LogP contribution in [-0.4, -0.2) is 35.7 Å². The number of esters is 1. The first-order valence-corrected chi connectivity index (χ1v) is 9.63. The number of allylic oxidation sites excluding steroid dienone is 1. The van der Waals surface area contributed by atoms with Gasteiger partial charge < -0.3 is 15.2 Å². The Kier molecular flexibility index (Phi) is 14.1. The minimum Gasteiger partial charge on any atom is -0.464 e. The van der Waals surface area contributed by atoms with Crippen LogP contribution >= 0.6 is 0 Å². The number of amides is 1. The summed E-state index contributed by atoms with van der Waals surface area (Å²) in [5.74, 6) is -0.558. The molecule has 5 heteroatoms. The van der Waals surface area contributed by atoms with Crippen molar-refractivity contribution in [3.05, 3.63) is 12.7 Å². The molecule has 0 spiro atoms. The summed E-state index contributed by atoms with van der Waals surface area (Å²) in [6.45, 7) is 9.29. The molecule has 25 heavy (non-hydrogen) atoms. The Morgan fingerprint density at radius 1 is 1.08 bits per heavy atom. The Morgan fingerprint density at radius 2 is 1.68 bits per heavy atom. The van der Waals surface area contributed by atoms with Crippen LogP contribution in [-0.2, 0) is 14.3 Å². The highest BCUT2D eigenvalue weighted by atomic mass is 16.5. The molecule has 0 fully saturated rings. The zero-order valence-electron chi connectivity index (χ0n) is 16.3. The molecule has 0 aromatic carbocycles. The largest absolute Gasteiger partial charge is 0.464 e. The molecule has 2 atom stereocenters. The Morgan fingerprint density at radius 3 is 2.24 bits per heavy atom. The van der Waals surface area contributed by atoms with E-state index in [1.165, 1.54) is 19.3 Å². The van der Waals surface area contributed by atoms with Crippen molar-refractivity contribution in [2.45, 2.75) is 90.7 Å². The second-order valence-corrected chi connectivity index (χ2v) is 7.04. The topological polar surface area (TPSA) is 75.6 Å². The van der Waals surface area contributed by atoms with E-state index in [4.69, 9.17) is 4.74 Å². The number of rotatable bonds is 15. The lowest BCUT2D eigenvalue weighted by Gasteiger charge is -2.21. The van der Waals surface area contributed by atoms with E-state index >= 15 is 0 Å². The molecule has 2 unspecified atom stereocenters. The van der Waals surface area contributed by atoms with Gasteiger partial charge in [-0.15, -0.1) is 6.58 Å². The maximum absolute atomic E-state index is 12.1. The highest BCUT2D eigenvalue weighted by Crippen LogP contribution is 2.10. The van der Waals surface area contributed by atoms with E-state index in [-0.39, 0.29) is 18.4 Å². The van der Waals surface area contributed by atoms with Crippen LogP contribution in [0.5, 0.6) is 0 Å². The lowest BCUT2D eigenvalue weighted by atomic mass is 10.0. The van der Waals surface area contributed by atoms with Gasteiger partial charge >= 0.3 is 5.97 Å². The highest BCUT2D eigenvalue weighted by molar-refractivity contribution is 5.84. The summed E-state index contributed by atoms with van der Waals surface area (Å²) in [6.07, 6.45) is 9.98. The summed E-state index contributed by atoms with van der Waals surface area (Å²) >= 11 is 0. The molecule has 146 valence electrons. The van der Waals surface area contributed by atoms with Crippen molar-refractivity contribution >= 4 is 11.9 Å². The van der Waals surface area contributed by atoms with Gasteiger partial charge in [-0.3, -0.25) is 4.79 Å². The fourth-order valence-corrected chi connectivity index (χ4v) is 2.44.